The van der Waals surface area contributed by atoms with Crippen LogP contribution in [0.15, 0.2) is 0 Å². The number of aliphatic carboxylic acids is 1. The quantitative estimate of drug-likeness (QED) is 0.656. The van der Waals surface area contributed by atoms with E-state index in [1.54, 1.807) is 18.7 Å². The summed E-state index contributed by atoms with van der Waals surface area (Å²) in [5, 5.41) is 14.8. The predicted octanol–water partition coefficient (Wildman–Crippen LogP) is 0.101. The summed E-state index contributed by atoms with van der Waals surface area (Å²) in [5.41, 5.74) is 0. The van der Waals surface area contributed by atoms with Crippen LogP contribution >= 0.6 is 0 Å². The van der Waals surface area contributed by atoms with Gasteiger partial charge in [0.05, 0.1) is 0 Å². The van der Waals surface area contributed by atoms with E-state index in [1.165, 1.54) is 0 Å². The van der Waals surface area contributed by atoms with Crippen LogP contribution in [0, 0.1) is 5.92 Å². The molecular formula is C11H21N3O3. The molecule has 0 radical (unpaired) electrons. The highest BCUT2D eigenvalue weighted by Crippen LogP contribution is 2.04. The molecular weight excluding hydrogens is 222 g/mol. The van der Waals surface area contributed by atoms with Crippen LogP contribution in [0.2, 0.25) is 0 Å². The maximum Gasteiger partial charge on any atom is 0.326 e. The molecule has 0 aromatic rings. The van der Waals surface area contributed by atoms with Crippen molar-refractivity contribution in [3.8, 4) is 0 Å². The molecule has 2 amide bonds. The summed E-state index contributed by atoms with van der Waals surface area (Å²) >= 11 is 0. The summed E-state index contributed by atoms with van der Waals surface area (Å²) in [7, 11) is 0. The Morgan fingerprint density at radius 3 is 2.59 bits per heavy atom. The van der Waals surface area contributed by atoms with Gasteiger partial charge in [-0.2, -0.15) is 0 Å². The molecule has 0 aliphatic carbocycles. The minimum absolute atomic E-state index is 0.124. The first-order valence-electron chi connectivity index (χ1n) is 6.01. The average molecular weight is 243 g/mol. The SMILES string of the molecule is CC(C)C(NC(=O)N1CCCNCC1)C(=O)O. The third-order valence-electron chi connectivity index (χ3n) is 2.84. The lowest BCUT2D eigenvalue weighted by Crippen LogP contribution is -2.50. The Bertz CT molecular complexity index is 273. The number of carboxylic acid groups (broad SMARTS) is 1. The summed E-state index contributed by atoms with van der Waals surface area (Å²) in [6.07, 6.45) is 0.896. The Hall–Kier alpha value is -1.30. The number of carboxylic acids is 1. The third-order valence-corrected chi connectivity index (χ3v) is 2.84. The van der Waals surface area contributed by atoms with Crippen molar-refractivity contribution in [2.24, 2.45) is 5.92 Å². The standard InChI is InChI=1S/C11H21N3O3/c1-8(2)9(10(15)16)13-11(17)14-6-3-4-12-5-7-14/h8-9,12H,3-7H2,1-2H3,(H,13,17)(H,15,16). The molecule has 0 bridgehead atoms. The Morgan fingerprint density at radius 2 is 2.00 bits per heavy atom. The lowest BCUT2D eigenvalue weighted by atomic mass is 10.1. The molecule has 6 nitrogen and oxygen atoms in total. The van der Waals surface area contributed by atoms with Crippen LogP contribution in [0.25, 0.3) is 0 Å². The highest BCUT2D eigenvalue weighted by atomic mass is 16.4. The predicted molar refractivity (Wildman–Crippen MR) is 63.9 cm³/mol. The van der Waals surface area contributed by atoms with Crippen molar-refractivity contribution in [3.63, 3.8) is 0 Å². The molecule has 98 valence electrons. The van der Waals surface area contributed by atoms with E-state index in [4.69, 9.17) is 5.11 Å². The molecule has 1 aliphatic heterocycles. The van der Waals surface area contributed by atoms with Gasteiger partial charge in [-0.1, -0.05) is 13.8 Å². The van der Waals surface area contributed by atoms with Crippen molar-refractivity contribution in [2.75, 3.05) is 26.2 Å². The van der Waals surface area contributed by atoms with Gasteiger partial charge < -0.3 is 20.6 Å². The summed E-state index contributed by atoms with van der Waals surface area (Å²) in [6.45, 7) is 6.51. The Kier molecular flexibility index (Phi) is 5.21. The van der Waals surface area contributed by atoms with E-state index in [0.29, 0.717) is 13.1 Å². The highest BCUT2D eigenvalue weighted by Gasteiger charge is 2.25. The van der Waals surface area contributed by atoms with Gasteiger partial charge in [0.15, 0.2) is 0 Å². The molecule has 1 aliphatic rings. The van der Waals surface area contributed by atoms with Crippen LogP contribution in [0.4, 0.5) is 4.79 Å². The highest BCUT2D eigenvalue weighted by molar-refractivity contribution is 5.82. The fraction of sp³-hybridized carbons (Fsp3) is 0.818. The number of rotatable bonds is 3. The number of carbonyl (C=O) groups excluding carboxylic acids is 1. The smallest absolute Gasteiger partial charge is 0.326 e. The molecule has 0 spiro atoms. The summed E-state index contributed by atoms with van der Waals surface area (Å²) < 4.78 is 0. The molecule has 6 heteroatoms. The lowest BCUT2D eigenvalue weighted by molar-refractivity contribution is -0.140. The number of nitrogens with zero attached hydrogens (tertiary/aromatic N) is 1. The second-order valence-corrected chi connectivity index (χ2v) is 4.60. The van der Waals surface area contributed by atoms with Crippen LogP contribution in [-0.2, 0) is 4.79 Å². The Balaban J connectivity index is 2.53. The van der Waals surface area contributed by atoms with Crippen molar-refractivity contribution >= 4 is 12.0 Å². The van der Waals surface area contributed by atoms with Gasteiger partial charge in [-0.15, -0.1) is 0 Å². The van der Waals surface area contributed by atoms with Gasteiger partial charge in [-0.25, -0.2) is 9.59 Å². The van der Waals surface area contributed by atoms with Gasteiger partial charge in [0.25, 0.3) is 0 Å². The third kappa shape index (κ3) is 4.22. The first kappa shape index (κ1) is 13.8. The number of amides is 2. The van der Waals surface area contributed by atoms with E-state index < -0.39 is 12.0 Å². The van der Waals surface area contributed by atoms with E-state index >= 15 is 0 Å². The van der Waals surface area contributed by atoms with Gasteiger partial charge >= 0.3 is 12.0 Å². The first-order chi connectivity index (χ1) is 8.02. The average Bonchev–Trinajstić information content (AvgIpc) is 2.52. The molecule has 1 saturated heterocycles. The zero-order valence-corrected chi connectivity index (χ0v) is 10.4. The van der Waals surface area contributed by atoms with Crippen LogP contribution < -0.4 is 10.6 Å². The second kappa shape index (κ2) is 6.44. The van der Waals surface area contributed by atoms with Crippen molar-refractivity contribution in [2.45, 2.75) is 26.3 Å². The summed E-state index contributed by atoms with van der Waals surface area (Å²) in [5.74, 6) is -1.11. The van der Waals surface area contributed by atoms with E-state index in [0.717, 1.165) is 19.5 Å². The number of nitrogens with one attached hydrogen (secondary N) is 2. The van der Waals surface area contributed by atoms with Gasteiger partial charge in [0.1, 0.15) is 6.04 Å². The van der Waals surface area contributed by atoms with Crippen LogP contribution in [0.1, 0.15) is 20.3 Å². The normalized spacial score (nSPS) is 18.6. The second-order valence-electron chi connectivity index (χ2n) is 4.60. The Morgan fingerprint density at radius 1 is 1.29 bits per heavy atom. The first-order valence-corrected chi connectivity index (χ1v) is 6.01. The summed E-state index contributed by atoms with van der Waals surface area (Å²) in [4.78, 5) is 24.5. The van der Waals surface area contributed by atoms with E-state index in [1.807, 2.05) is 0 Å². The van der Waals surface area contributed by atoms with Gasteiger partial charge in [-0.05, 0) is 18.9 Å². The molecule has 0 saturated carbocycles. The minimum atomic E-state index is -0.985. The van der Waals surface area contributed by atoms with E-state index in [9.17, 15) is 9.59 Å². The minimum Gasteiger partial charge on any atom is -0.480 e. The van der Waals surface area contributed by atoms with Crippen molar-refractivity contribution in [1.29, 1.82) is 0 Å². The zero-order chi connectivity index (χ0) is 12.8. The molecule has 3 N–H and O–H groups in total. The molecule has 1 heterocycles. The fourth-order valence-corrected chi connectivity index (χ4v) is 1.79. The molecule has 1 atom stereocenters. The molecule has 1 unspecified atom stereocenters. The molecule has 0 aromatic carbocycles. The van der Waals surface area contributed by atoms with Crippen LogP contribution in [0.3, 0.4) is 0 Å². The zero-order valence-electron chi connectivity index (χ0n) is 10.4. The van der Waals surface area contributed by atoms with Crippen molar-refractivity contribution in [3.05, 3.63) is 0 Å². The maximum absolute atomic E-state index is 11.9. The lowest BCUT2D eigenvalue weighted by Gasteiger charge is -2.24. The number of urea groups is 1. The molecule has 0 aromatic heterocycles. The number of hydrogen-bond acceptors (Lipinski definition) is 3. The maximum atomic E-state index is 11.9. The van der Waals surface area contributed by atoms with E-state index in [-0.39, 0.29) is 11.9 Å². The monoisotopic (exact) mass is 243 g/mol. The molecule has 1 rings (SSSR count). The van der Waals surface area contributed by atoms with Gasteiger partial charge in [-0.3, -0.25) is 0 Å². The van der Waals surface area contributed by atoms with Crippen molar-refractivity contribution < 1.29 is 14.7 Å². The molecule has 1 fully saturated rings. The van der Waals surface area contributed by atoms with Crippen molar-refractivity contribution in [1.82, 2.24) is 15.5 Å². The fourth-order valence-electron chi connectivity index (χ4n) is 1.79. The topological polar surface area (TPSA) is 81.7 Å². The number of carbonyl (C=O) groups is 2. The molecule has 17 heavy (non-hydrogen) atoms. The van der Waals surface area contributed by atoms with Gasteiger partial charge in [0, 0.05) is 19.6 Å². The largest absolute Gasteiger partial charge is 0.480 e. The van der Waals surface area contributed by atoms with Crippen LogP contribution in [0.5, 0.6) is 0 Å². The van der Waals surface area contributed by atoms with E-state index in [2.05, 4.69) is 10.6 Å². The van der Waals surface area contributed by atoms with Crippen LogP contribution in [-0.4, -0.2) is 54.2 Å². The Labute approximate surface area is 101 Å². The summed E-state index contributed by atoms with van der Waals surface area (Å²) in [6, 6.07) is -1.10. The van der Waals surface area contributed by atoms with Gasteiger partial charge in [0.2, 0.25) is 0 Å². The number of hydrogen-bond donors (Lipinski definition) is 3.